The van der Waals surface area contributed by atoms with E-state index in [1.165, 1.54) is 11.3 Å². The van der Waals surface area contributed by atoms with Crippen LogP contribution in [0.3, 0.4) is 0 Å². The van der Waals surface area contributed by atoms with Crippen molar-refractivity contribution in [3.8, 4) is 0 Å². The van der Waals surface area contributed by atoms with Crippen molar-refractivity contribution in [2.75, 3.05) is 12.4 Å². The molecule has 4 nitrogen and oxygen atoms in total. The Bertz CT molecular complexity index is 337. The van der Waals surface area contributed by atoms with E-state index in [9.17, 15) is 4.79 Å². The zero-order valence-electron chi connectivity index (χ0n) is 8.22. The maximum absolute atomic E-state index is 11.7. The highest BCUT2D eigenvalue weighted by Gasteiger charge is 2.25. The lowest BCUT2D eigenvalue weighted by Gasteiger charge is -2.21. The van der Waals surface area contributed by atoms with Crippen molar-refractivity contribution in [1.82, 2.24) is 10.3 Å². The van der Waals surface area contributed by atoms with Crippen LogP contribution >= 0.6 is 27.3 Å². The molecule has 0 radical (unpaired) electrons. The van der Waals surface area contributed by atoms with Gasteiger partial charge in [0.25, 0.3) is 0 Å². The van der Waals surface area contributed by atoms with Crippen LogP contribution in [0.2, 0.25) is 0 Å². The molecular weight excluding hydrogens is 266 g/mol. The standard InChI is InChI=1S/C8H12BrN3OS/c1-8(2,10-3)6(13)12-7-11-4-5(9)14-7/h4,10H,1-3H3,(H,11,12,13). The summed E-state index contributed by atoms with van der Waals surface area (Å²) in [6.07, 6.45) is 1.66. The van der Waals surface area contributed by atoms with Crippen LogP contribution in [0.5, 0.6) is 0 Å². The molecule has 0 aliphatic heterocycles. The number of rotatable bonds is 3. The quantitative estimate of drug-likeness (QED) is 0.887. The van der Waals surface area contributed by atoms with Gasteiger partial charge in [0.1, 0.15) is 0 Å². The molecule has 0 fully saturated rings. The summed E-state index contributed by atoms with van der Waals surface area (Å²) in [4.78, 5) is 15.7. The van der Waals surface area contributed by atoms with Gasteiger partial charge < -0.3 is 10.6 Å². The predicted molar refractivity (Wildman–Crippen MR) is 61.6 cm³/mol. The molecule has 0 saturated carbocycles. The van der Waals surface area contributed by atoms with E-state index >= 15 is 0 Å². The second kappa shape index (κ2) is 4.37. The first-order chi connectivity index (χ1) is 6.45. The maximum atomic E-state index is 11.7. The number of hydrogen-bond acceptors (Lipinski definition) is 4. The molecule has 1 aromatic heterocycles. The monoisotopic (exact) mass is 277 g/mol. The first-order valence-corrected chi connectivity index (χ1v) is 5.68. The van der Waals surface area contributed by atoms with Crippen LogP contribution in [0.15, 0.2) is 9.98 Å². The number of thiazole rings is 1. The largest absolute Gasteiger partial charge is 0.307 e. The summed E-state index contributed by atoms with van der Waals surface area (Å²) in [5.74, 6) is -0.0955. The average molecular weight is 278 g/mol. The molecule has 6 heteroatoms. The van der Waals surface area contributed by atoms with Crippen LogP contribution in [0.1, 0.15) is 13.8 Å². The minimum atomic E-state index is -0.585. The van der Waals surface area contributed by atoms with E-state index in [1.54, 1.807) is 13.2 Å². The Morgan fingerprint density at radius 2 is 2.29 bits per heavy atom. The number of carbonyl (C=O) groups is 1. The van der Waals surface area contributed by atoms with Crippen LogP contribution in [-0.2, 0) is 4.79 Å². The van der Waals surface area contributed by atoms with E-state index in [0.29, 0.717) is 5.13 Å². The van der Waals surface area contributed by atoms with Gasteiger partial charge in [0.15, 0.2) is 5.13 Å². The number of halogens is 1. The van der Waals surface area contributed by atoms with Crippen molar-refractivity contribution in [3.63, 3.8) is 0 Å². The number of hydrogen-bond donors (Lipinski definition) is 2. The molecule has 0 bridgehead atoms. The van der Waals surface area contributed by atoms with Gasteiger partial charge in [0.05, 0.1) is 15.5 Å². The van der Waals surface area contributed by atoms with Crippen LogP contribution in [0.25, 0.3) is 0 Å². The van der Waals surface area contributed by atoms with E-state index in [2.05, 4.69) is 31.5 Å². The van der Waals surface area contributed by atoms with Gasteiger partial charge in [-0.1, -0.05) is 11.3 Å². The van der Waals surface area contributed by atoms with E-state index in [0.717, 1.165) is 3.79 Å². The van der Waals surface area contributed by atoms with Gasteiger partial charge >= 0.3 is 0 Å². The summed E-state index contributed by atoms with van der Waals surface area (Å²) in [7, 11) is 1.75. The minimum Gasteiger partial charge on any atom is -0.307 e. The van der Waals surface area contributed by atoms with Crippen LogP contribution in [0, 0.1) is 0 Å². The minimum absolute atomic E-state index is 0.0955. The smallest absolute Gasteiger partial charge is 0.245 e. The Kier molecular flexibility index (Phi) is 3.63. The molecule has 1 rings (SSSR count). The van der Waals surface area contributed by atoms with Gasteiger partial charge in [-0.05, 0) is 36.8 Å². The maximum Gasteiger partial charge on any atom is 0.245 e. The lowest BCUT2D eigenvalue weighted by atomic mass is 10.1. The van der Waals surface area contributed by atoms with Crippen molar-refractivity contribution >= 4 is 38.3 Å². The highest BCUT2D eigenvalue weighted by Crippen LogP contribution is 2.23. The number of nitrogens with one attached hydrogen (secondary N) is 2. The third-order valence-corrected chi connectivity index (χ3v) is 3.28. The van der Waals surface area contributed by atoms with Gasteiger partial charge in [-0.3, -0.25) is 4.79 Å². The SMILES string of the molecule is CNC(C)(C)C(=O)Nc1ncc(Br)s1. The Labute approximate surface area is 95.2 Å². The topological polar surface area (TPSA) is 54.0 Å². The molecule has 0 atom stereocenters. The molecule has 0 spiro atoms. The molecule has 0 saturated heterocycles. The average Bonchev–Trinajstić information content (AvgIpc) is 2.51. The molecule has 1 heterocycles. The van der Waals surface area contributed by atoms with Crippen molar-refractivity contribution in [2.24, 2.45) is 0 Å². The molecule has 78 valence electrons. The number of nitrogens with zero attached hydrogens (tertiary/aromatic N) is 1. The van der Waals surface area contributed by atoms with Gasteiger partial charge in [-0.15, -0.1) is 0 Å². The molecule has 2 N–H and O–H groups in total. The van der Waals surface area contributed by atoms with Gasteiger partial charge in [0.2, 0.25) is 5.91 Å². The van der Waals surface area contributed by atoms with Gasteiger partial charge in [-0.2, -0.15) is 0 Å². The summed E-state index contributed by atoms with van der Waals surface area (Å²) in [6, 6.07) is 0. The number of amides is 1. The second-order valence-corrected chi connectivity index (χ2v) is 5.71. The lowest BCUT2D eigenvalue weighted by molar-refractivity contribution is -0.121. The van der Waals surface area contributed by atoms with Gasteiger partial charge in [0, 0.05) is 0 Å². The third kappa shape index (κ3) is 2.76. The molecule has 0 aliphatic carbocycles. The molecule has 0 aromatic carbocycles. The normalized spacial score (nSPS) is 11.4. The van der Waals surface area contributed by atoms with Crippen LogP contribution < -0.4 is 10.6 Å². The summed E-state index contributed by atoms with van der Waals surface area (Å²) in [6.45, 7) is 3.62. The third-order valence-electron chi connectivity index (χ3n) is 1.89. The van der Waals surface area contributed by atoms with Crippen molar-refractivity contribution in [1.29, 1.82) is 0 Å². The summed E-state index contributed by atoms with van der Waals surface area (Å²) in [5.41, 5.74) is -0.585. The van der Waals surface area contributed by atoms with Crippen molar-refractivity contribution < 1.29 is 4.79 Å². The first kappa shape index (κ1) is 11.6. The van der Waals surface area contributed by atoms with Crippen LogP contribution in [-0.4, -0.2) is 23.5 Å². The van der Waals surface area contributed by atoms with Crippen molar-refractivity contribution in [3.05, 3.63) is 9.98 Å². The summed E-state index contributed by atoms with van der Waals surface area (Å²) in [5, 5.41) is 6.25. The van der Waals surface area contributed by atoms with Crippen molar-refractivity contribution in [2.45, 2.75) is 19.4 Å². The fourth-order valence-corrected chi connectivity index (χ4v) is 1.78. The number of anilines is 1. The van der Waals surface area contributed by atoms with E-state index in [1.807, 2.05) is 13.8 Å². The predicted octanol–water partition coefficient (Wildman–Crippen LogP) is 1.84. The zero-order valence-corrected chi connectivity index (χ0v) is 10.6. The lowest BCUT2D eigenvalue weighted by Crippen LogP contribution is -2.47. The fourth-order valence-electron chi connectivity index (χ4n) is 0.679. The fraction of sp³-hybridized carbons (Fsp3) is 0.500. The number of carbonyl (C=O) groups excluding carboxylic acids is 1. The van der Waals surface area contributed by atoms with E-state index in [4.69, 9.17) is 0 Å². The number of likely N-dealkylation sites (N-methyl/N-ethyl adjacent to an activating group) is 1. The van der Waals surface area contributed by atoms with Crippen LogP contribution in [0.4, 0.5) is 5.13 Å². The van der Waals surface area contributed by atoms with Gasteiger partial charge in [-0.25, -0.2) is 4.98 Å². The molecular formula is C8H12BrN3OS. The second-order valence-electron chi connectivity index (χ2n) is 3.30. The highest BCUT2D eigenvalue weighted by atomic mass is 79.9. The molecule has 0 unspecified atom stereocenters. The Morgan fingerprint density at radius 1 is 1.64 bits per heavy atom. The first-order valence-electron chi connectivity index (χ1n) is 4.07. The molecule has 1 aromatic rings. The van der Waals surface area contributed by atoms with E-state index in [-0.39, 0.29) is 5.91 Å². The molecule has 1 amide bonds. The Hall–Kier alpha value is -0.460. The zero-order chi connectivity index (χ0) is 10.8. The summed E-state index contributed by atoms with van der Waals surface area (Å²) >= 11 is 4.67. The summed E-state index contributed by atoms with van der Waals surface area (Å²) < 4.78 is 0.898. The Balaban J connectivity index is 2.66. The van der Waals surface area contributed by atoms with E-state index < -0.39 is 5.54 Å². The highest BCUT2D eigenvalue weighted by molar-refractivity contribution is 9.11. The molecule has 14 heavy (non-hydrogen) atoms. The Morgan fingerprint density at radius 3 is 2.71 bits per heavy atom. The number of aromatic nitrogens is 1. The molecule has 0 aliphatic rings.